The Hall–Kier alpha value is -2.50. The third-order valence-corrected chi connectivity index (χ3v) is 5.94. The maximum atomic E-state index is 13.0. The molecule has 1 aromatic heterocycles. The number of rotatable bonds is 1. The molecule has 0 radical (unpaired) electrons. The number of benzene rings is 1. The number of hydrogen-bond acceptors (Lipinski definition) is 3. The summed E-state index contributed by atoms with van der Waals surface area (Å²) in [6, 6.07) is 5.89. The Balaban J connectivity index is 0.00000132. The lowest BCUT2D eigenvalue weighted by Crippen LogP contribution is -2.39. The third-order valence-electron chi connectivity index (χ3n) is 5.94. The summed E-state index contributed by atoms with van der Waals surface area (Å²) in [7, 11) is 0. The zero-order chi connectivity index (χ0) is 22.8. The molecule has 4 rings (SSSR count). The number of amides is 2. The van der Waals surface area contributed by atoms with E-state index < -0.39 is 5.60 Å². The van der Waals surface area contributed by atoms with Gasteiger partial charge in [-0.2, -0.15) is 0 Å². The van der Waals surface area contributed by atoms with Gasteiger partial charge in [-0.1, -0.05) is 20.8 Å². The largest absolute Gasteiger partial charge is 0.444 e. The second kappa shape index (κ2) is 9.33. The van der Waals surface area contributed by atoms with Crippen molar-refractivity contribution in [2.45, 2.75) is 73.0 Å². The molecule has 31 heavy (non-hydrogen) atoms. The van der Waals surface area contributed by atoms with Crippen molar-refractivity contribution in [1.29, 1.82) is 0 Å². The lowest BCUT2D eigenvalue weighted by atomic mass is 9.98. The molecule has 1 fully saturated rings. The predicted molar refractivity (Wildman–Crippen MR) is 124 cm³/mol. The molecule has 6 nitrogen and oxygen atoms in total. The van der Waals surface area contributed by atoms with Gasteiger partial charge in [0.05, 0.1) is 6.54 Å². The molecule has 0 bridgehead atoms. The topological polar surface area (TPSA) is 65.6 Å². The highest BCUT2D eigenvalue weighted by Gasteiger charge is 2.28. The van der Waals surface area contributed by atoms with E-state index in [0.717, 1.165) is 60.1 Å². The molecule has 6 heteroatoms. The molecule has 1 saturated heterocycles. The first-order valence-electron chi connectivity index (χ1n) is 11.6. The van der Waals surface area contributed by atoms with Crippen molar-refractivity contribution in [3.63, 3.8) is 0 Å². The fourth-order valence-electron chi connectivity index (χ4n) is 4.22. The van der Waals surface area contributed by atoms with E-state index in [1.54, 1.807) is 4.90 Å². The highest BCUT2D eigenvalue weighted by atomic mass is 16.6. The first kappa shape index (κ1) is 23.2. The van der Waals surface area contributed by atoms with E-state index in [0.29, 0.717) is 19.0 Å². The molecule has 1 aromatic carbocycles. The number of nitrogens with zero attached hydrogens (tertiary/aromatic N) is 2. The number of carbonyl (C=O) groups excluding carboxylic acids is 2. The van der Waals surface area contributed by atoms with Gasteiger partial charge in [0.15, 0.2) is 0 Å². The summed E-state index contributed by atoms with van der Waals surface area (Å²) in [4.78, 5) is 32.7. The Kier molecular flexibility index (Phi) is 6.97. The fourth-order valence-corrected chi connectivity index (χ4v) is 4.22. The minimum absolute atomic E-state index is 0.105. The van der Waals surface area contributed by atoms with Crippen molar-refractivity contribution in [1.82, 2.24) is 14.8 Å². The van der Waals surface area contributed by atoms with Crippen LogP contribution in [0.3, 0.4) is 0 Å². The Morgan fingerprint density at radius 1 is 1.06 bits per heavy atom. The van der Waals surface area contributed by atoms with E-state index in [2.05, 4.69) is 11.9 Å². The zero-order valence-corrected chi connectivity index (χ0v) is 19.9. The van der Waals surface area contributed by atoms with Crippen LogP contribution in [0.2, 0.25) is 0 Å². The van der Waals surface area contributed by atoms with E-state index in [9.17, 15) is 9.59 Å². The van der Waals surface area contributed by atoms with Crippen LogP contribution < -0.4 is 0 Å². The molecule has 0 spiro atoms. The van der Waals surface area contributed by atoms with Crippen LogP contribution in [0.4, 0.5) is 4.79 Å². The molecule has 1 N–H and O–H groups in total. The fraction of sp³-hybridized carbons (Fsp3) is 0.600. The van der Waals surface area contributed by atoms with E-state index in [1.165, 1.54) is 0 Å². The van der Waals surface area contributed by atoms with Gasteiger partial charge in [0.2, 0.25) is 0 Å². The number of aromatic amines is 1. The summed E-state index contributed by atoms with van der Waals surface area (Å²) in [5.74, 6) is 0.797. The van der Waals surface area contributed by atoms with Gasteiger partial charge in [-0.15, -0.1) is 0 Å². The van der Waals surface area contributed by atoms with Gasteiger partial charge in [-0.25, -0.2) is 4.79 Å². The smallest absolute Gasteiger partial charge is 0.410 e. The van der Waals surface area contributed by atoms with Crippen molar-refractivity contribution in [3.8, 4) is 0 Å². The molecule has 0 atom stereocenters. The van der Waals surface area contributed by atoms with E-state index >= 15 is 0 Å². The van der Waals surface area contributed by atoms with Crippen molar-refractivity contribution >= 4 is 22.9 Å². The van der Waals surface area contributed by atoms with Crippen LogP contribution in [-0.4, -0.2) is 52.0 Å². The maximum absolute atomic E-state index is 13.0. The number of H-pyrrole nitrogens is 1. The molecule has 3 heterocycles. The van der Waals surface area contributed by atoms with Crippen molar-refractivity contribution in [3.05, 3.63) is 35.0 Å². The first-order valence-corrected chi connectivity index (χ1v) is 11.6. The Bertz CT molecular complexity index is 933. The molecule has 0 unspecified atom stereocenters. The third kappa shape index (κ3) is 5.23. The minimum Gasteiger partial charge on any atom is -0.444 e. The van der Waals surface area contributed by atoms with Gasteiger partial charge >= 0.3 is 6.09 Å². The number of fused-ring (bicyclic) bond motifs is 3. The second-order valence-corrected chi connectivity index (χ2v) is 9.47. The van der Waals surface area contributed by atoms with Gasteiger partial charge in [-0.3, -0.25) is 4.79 Å². The molecule has 2 aliphatic rings. The van der Waals surface area contributed by atoms with E-state index in [4.69, 9.17) is 4.74 Å². The van der Waals surface area contributed by atoms with E-state index in [-0.39, 0.29) is 12.0 Å². The summed E-state index contributed by atoms with van der Waals surface area (Å²) in [5, 5.41) is 1.03. The molecule has 0 saturated carbocycles. The number of piperidine rings is 1. The summed E-state index contributed by atoms with van der Waals surface area (Å²) < 4.78 is 5.55. The highest BCUT2D eigenvalue weighted by Crippen LogP contribution is 2.30. The van der Waals surface area contributed by atoms with Crippen LogP contribution in [0, 0.1) is 5.92 Å². The van der Waals surface area contributed by atoms with Crippen LogP contribution in [0.1, 0.15) is 76.0 Å². The molecule has 2 aliphatic heterocycles. The van der Waals surface area contributed by atoms with Gasteiger partial charge in [-0.05, 0) is 57.7 Å². The summed E-state index contributed by atoms with van der Waals surface area (Å²) in [6.45, 7) is 14.7. The average molecular weight is 428 g/mol. The standard InChI is InChI=1S/C23H31N3O3.C2H6/c1-15-7-10-25(11-8-15)21(27)16-5-6-19-17(13-16)18-14-26(12-9-20(18)24-19)22(28)29-23(2,3)4;1-2/h5-6,13,15,24H,7-12,14H2,1-4H3;1-2H3. The Labute approximate surface area is 185 Å². The predicted octanol–water partition coefficient (Wildman–Crippen LogP) is 5.36. The molecule has 2 aromatic rings. The summed E-state index contributed by atoms with van der Waals surface area (Å²) in [5.41, 5.74) is 3.48. The zero-order valence-electron chi connectivity index (χ0n) is 19.9. The molecule has 0 aliphatic carbocycles. The van der Waals surface area contributed by atoms with Crippen LogP contribution in [0.5, 0.6) is 0 Å². The number of carbonyl (C=O) groups is 2. The van der Waals surface area contributed by atoms with Crippen molar-refractivity contribution in [2.24, 2.45) is 5.92 Å². The van der Waals surface area contributed by atoms with Gasteiger partial charge in [0.25, 0.3) is 5.91 Å². The quantitative estimate of drug-likeness (QED) is 0.666. The molecule has 170 valence electrons. The lowest BCUT2D eigenvalue weighted by molar-refractivity contribution is 0.0224. The summed E-state index contributed by atoms with van der Waals surface area (Å²) in [6.07, 6.45) is 2.61. The Morgan fingerprint density at radius 2 is 1.74 bits per heavy atom. The van der Waals surface area contributed by atoms with Gasteiger partial charge < -0.3 is 19.5 Å². The number of aromatic nitrogens is 1. The number of nitrogens with one attached hydrogen (secondary N) is 1. The van der Waals surface area contributed by atoms with E-state index in [1.807, 2.05) is 57.7 Å². The number of ether oxygens (including phenoxy) is 1. The van der Waals surface area contributed by atoms with Crippen LogP contribution in [0.25, 0.3) is 10.9 Å². The van der Waals surface area contributed by atoms with Crippen LogP contribution in [0.15, 0.2) is 18.2 Å². The Morgan fingerprint density at radius 3 is 2.39 bits per heavy atom. The SMILES string of the molecule is CC.CC1CCN(C(=O)c2ccc3[nH]c4c(c3c2)CN(C(=O)OC(C)(C)C)CC4)CC1. The van der Waals surface area contributed by atoms with Gasteiger partial charge in [0, 0.05) is 53.8 Å². The average Bonchev–Trinajstić information content (AvgIpc) is 3.11. The summed E-state index contributed by atoms with van der Waals surface area (Å²) >= 11 is 0. The first-order chi connectivity index (χ1) is 14.7. The van der Waals surface area contributed by atoms with Crippen molar-refractivity contribution in [2.75, 3.05) is 19.6 Å². The van der Waals surface area contributed by atoms with Crippen LogP contribution >= 0.6 is 0 Å². The highest BCUT2D eigenvalue weighted by molar-refractivity contribution is 5.99. The van der Waals surface area contributed by atoms with Crippen molar-refractivity contribution < 1.29 is 14.3 Å². The minimum atomic E-state index is -0.511. The lowest BCUT2D eigenvalue weighted by Gasteiger charge is -2.30. The second-order valence-electron chi connectivity index (χ2n) is 9.47. The molecule has 2 amide bonds. The monoisotopic (exact) mass is 427 g/mol. The van der Waals surface area contributed by atoms with Crippen LogP contribution in [-0.2, 0) is 17.7 Å². The maximum Gasteiger partial charge on any atom is 0.410 e. The van der Waals surface area contributed by atoms with Gasteiger partial charge in [0.1, 0.15) is 5.60 Å². The molecular formula is C25H37N3O3. The molecular weight excluding hydrogens is 390 g/mol. The normalized spacial score (nSPS) is 17.1. The number of hydrogen-bond donors (Lipinski definition) is 1. The number of likely N-dealkylation sites (tertiary alicyclic amines) is 1.